The Bertz CT molecular complexity index is 1010. The number of nitrogens with zero attached hydrogens (tertiary/aromatic N) is 3. The second kappa shape index (κ2) is 7.89. The minimum atomic E-state index is -1.13. The van der Waals surface area contributed by atoms with Gasteiger partial charge in [-0.2, -0.15) is 5.10 Å². The number of aromatic nitrogens is 3. The number of carboxylic acids is 1. The van der Waals surface area contributed by atoms with E-state index < -0.39 is 12.6 Å². The lowest BCUT2D eigenvalue weighted by atomic mass is 10.1. The van der Waals surface area contributed by atoms with Crippen molar-refractivity contribution in [1.82, 2.24) is 14.8 Å². The third-order valence-corrected chi connectivity index (χ3v) is 4.44. The van der Waals surface area contributed by atoms with Gasteiger partial charge in [0.25, 0.3) is 0 Å². The highest BCUT2D eigenvalue weighted by Gasteiger charge is 2.19. The normalized spacial score (nSPS) is 10.6. The Kier molecular flexibility index (Phi) is 5.57. The van der Waals surface area contributed by atoms with Crippen molar-refractivity contribution in [2.45, 2.75) is 6.92 Å². The van der Waals surface area contributed by atoms with Gasteiger partial charge in [0.05, 0.1) is 28.0 Å². The van der Waals surface area contributed by atoms with Crippen molar-refractivity contribution in [1.29, 1.82) is 0 Å². The first-order valence-electron chi connectivity index (χ1n) is 7.71. The van der Waals surface area contributed by atoms with Crippen LogP contribution in [0.1, 0.15) is 21.5 Å². The van der Waals surface area contributed by atoms with Crippen LogP contribution in [0.2, 0.25) is 5.02 Å². The zero-order valence-corrected chi connectivity index (χ0v) is 16.4. The number of benzene rings is 1. The van der Waals surface area contributed by atoms with Gasteiger partial charge in [0.2, 0.25) is 0 Å². The molecule has 3 aromatic rings. The Labute approximate surface area is 167 Å². The van der Waals surface area contributed by atoms with Gasteiger partial charge >= 0.3 is 5.97 Å². The first-order chi connectivity index (χ1) is 12.9. The zero-order chi connectivity index (χ0) is 19.6. The summed E-state index contributed by atoms with van der Waals surface area (Å²) in [6.45, 7) is 1.29. The molecular formula is C18H13BrClN3O4. The topological polar surface area (TPSA) is 94.3 Å². The smallest absolute Gasteiger partial charge is 0.341 e. The second-order valence-corrected chi connectivity index (χ2v) is 6.94. The summed E-state index contributed by atoms with van der Waals surface area (Å²) in [4.78, 5) is 27.7. The van der Waals surface area contributed by atoms with E-state index in [0.717, 1.165) is 5.56 Å². The summed E-state index contributed by atoms with van der Waals surface area (Å²) in [6.07, 6.45) is 6.12. The van der Waals surface area contributed by atoms with Crippen LogP contribution in [0, 0.1) is 6.92 Å². The van der Waals surface area contributed by atoms with Gasteiger partial charge in [0.1, 0.15) is 5.75 Å². The predicted molar refractivity (Wildman–Crippen MR) is 102 cm³/mol. The van der Waals surface area contributed by atoms with Gasteiger partial charge in [0, 0.05) is 23.1 Å². The van der Waals surface area contributed by atoms with E-state index in [-0.39, 0.29) is 17.1 Å². The van der Waals surface area contributed by atoms with Crippen LogP contribution in [0.4, 0.5) is 0 Å². The van der Waals surface area contributed by atoms with Crippen LogP contribution in [-0.4, -0.2) is 38.2 Å². The van der Waals surface area contributed by atoms with Crippen molar-refractivity contribution < 1.29 is 19.4 Å². The minimum Gasteiger partial charge on any atom is -0.481 e. The second-order valence-electron chi connectivity index (χ2n) is 5.61. The van der Waals surface area contributed by atoms with Crippen LogP contribution < -0.4 is 4.74 Å². The van der Waals surface area contributed by atoms with Crippen molar-refractivity contribution in [2.24, 2.45) is 0 Å². The summed E-state index contributed by atoms with van der Waals surface area (Å²) in [5.41, 5.74) is 1.96. The van der Waals surface area contributed by atoms with Crippen molar-refractivity contribution in [2.75, 3.05) is 6.61 Å². The van der Waals surface area contributed by atoms with Crippen LogP contribution in [0.25, 0.3) is 5.69 Å². The molecule has 0 fully saturated rings. The fourth-order valence-corrected chi connectivity index (χ4v) is 3.13. The Morgan fingerprint density at radius 3 is 2.78 bits per heavy atom. The minimum absolute atomic E-state index is 0.177. The number of aryl methyl sites for hydroxylation is 1. The van der Waals surface area contributed by atoms with Gasteiger partial charge < -0.3 is 9.84 Å². The average molecular weight is 451 g/mol. The molecule has 0 aliphatic heterocycles. The molecule has 0 bridgehead atoms. The molecule has 0 spiro atoms. The summed E-state index contributed by atoms with van der Waals surface area (Å²) in [5.74, 6) is -1.31. The number of carboxylic acid groups (broad SMARTS) is 1. The summed E-state index contributed by atoms with van der Waals surface area (Å²) < 4.78 is 7.39. The molecule has 0 saturated carbocycles. The largest absolute Gasteiger partial charge is 0.481 e. The summed E-state index contributed by atoms with van der Waals surface area (Å²) in [7, 11) is 0. The standard InChI is InChI=1S/C18H13BrClN3O4/c1-10-5-21-7-14(20)17(10)23-8-11(6-22-23)18(26)13-4-12(19)2-3-15(13)27-9-16(24)25/h2-8H,9H2,1H3,(H,24,25). The van der Waals surface area contributed by atoms with Crippen LogP contribution >= 0.6 is 27.5 Å². The molecule has 0 saturated heterocycles. The first-order valence-corrected chi connectivity index (χ1v) is 8.88. The maximum absolute atomic E-state index is 12.9. The molecule has 0 atom stereocenters. The molecule has 1 N–H and O–H groups in total. The Balaban J connectivity index is 1.97. The van der Waals surface area contributed by atoms with E-state index in [2.05, 4.69) is 26.0 Å². The fraction of sp³-hybridized carbons (Fsp3) is 0.111. The third kappa shape index (κ3) is 4.17. The van der Waals surface area contributed by atoms with E-state index in [9.17, 15) is 9.59 Å². The predicted octanol–water partition coefficient (Wildman–Crippen LogP) is 3.69. The van der Waals surface area contributed by atoms with Crippen LogP contribution in [0.15, 0.2) is 47.5 Å². The van der Waals surface area contributed by atoms with Gasteiger partial charge in [-0.3, -0.25) is 9.78 Å². The van der Waals surface area contributed by atoms with E-state index >= 15 is 0 Å². The lowest BCUT2D eigenvalue weighted by Crippen LogP contribution is -2.12. The van der Waals surface area contributed by atoms with Gasteiger partial charge in [-0.1, -0.05) is 27.5 Å². The number of ether oxygens (including phenoxy) is 1. The number of ketones is 1. The van der Waals surface area contributed by atoms with Gasteiger partial charge in [0.15, 0.2) is 12.4 Å². The molecule has 1 aromatic carbocycles. The molecule has 7 nitrogen and oxygen atoms in total. The highest BCUT2D eigenvalue weighted by Crippen LogP contribution is 2.27. The van der Waals surface area contributed by atoms with Crippen LogP contribution in [0.3, 0.4) is 0 Å². The Morgan fingerprint density at radius 2 is 2.07 bits per heavy atom. The van der Waals surface area contributed by atoms with E-state index in [0.29, 0.717) is 20.7 Å². The average Bonchev–Trinajstić information content (AvgIpc) is 3.09. The number of aliphatic carboxylic acids is 1. The van der Waals surface area contributed by atoms with Gasteiger partial charge in [-0.15, -0.1) is 0 Å². The molecule has 0 unspecified atom stereocenters. The third-order valence-electron chi connectivity index (χ3n) is 3.67. The van der Waals surface area contributed by atoms with Gasteiger partial charge in [-0.25, -0.2) is 9.48 Å². The molecule has 0 amide bonds. The molecule has 2 heterocycles. The van der Waals surface area contributed by atoms with Crippen molar-refractivity contribution in [3.63, 3.8) is 0 Å². The van der Waals surface area contributed by atoms with E-state index in [1.165, 1.54) is 23.1 Å². The van der Waals surface area contributed by atoms with E-state index in [1.807, 2.05) is 6.92 Å². The van der Waals surface area contributed by atoms with Gasteiger partial charge in [-0.05, 0) is 30.7 Å². The molecule has 3 rings (SSSR count). The highest BCUT2D eigenvalue weighted by molar-refractivity contribution is 9.10. The quantitative estimate of drug-likeness (QED) is 0.576. The van der Waals surface area contributed by atoms with Crippen molar-refractivity contribution >= 4 is 39.3 Å². The van der Waals surface area contributed by atoms with Crippen molar-refractivity contribution in [3.8, 4) is 11.4 Å². The van der Waals surface area contributed by atoms with Crippen molar-refractivity contribution in [3.05, 3.63) is 69.2 Å². The molecule has 2 aromatic heterocycles. The number of rotatable bonds is 6. The fourth-order valence-electron chi connectivity index (χ4n) is 2.48. The number of hydrogen-bond acceptors (Lipinski definition) is 5. The molecule has 138 valence electrons. The number of hydrogen-bond donors (Lipinski definition) is 1. The Hall–Kier alpha value is -2.71. The SMILES string of the molecule is Cc1cncc(Cl)c1-n1cc(C(=O)c2cc(Br)ccc2OCC(=O)O)cn1. The number of carbonyl (C=O) groups excluding carboxylic acids is 1. The zero-order valence-electron chi connectivity index (χ0n) is 14.0. The molecule has 27 heavy (non-hydrogen) atoms. The van der Waals surface area contributed by atoms with Crippen LogP contribution in [0.5, 0.6) is 5.75 Å². The summed E-state index contributed by atoms with van der Waals surface area (Å²) in [6, 6.07) is 4.77. The lowest BCUT2D eigenvalue weighted by molar-refractivity contribution is -0.139. The first kappa shape index (κ1) is 19.1. The molecule has 0 radical (unpaired) electrons. The molecule has 0 aliphatic carbocycles. The lowest BCUT2D eigenvalue weighted by Gasteiger charge is -2.09. The molecule has 0 aliphatic rings. The van der Waals surface area contributed by atoms with E-state index in [1.54, 1.807) is 24.5 Å². The molecular weight excluding hydrogens is 438 g/mol. The monoisotopic (exact) mass is 449 g/mol. The number of carbonyl (C=O) groups is 2. The van der Waals surface area contributed by atoms with Crippen LogP contribution in [-0.2, 0) is 4.79 Å². The number of pyridine rings is 1. The number of halogens is 2. The Morgan fingerprint density at radius 1 is 1.30 bits per heavy atom. The maximum atomic E-state index is 12.9. The maximum Gasteiger partial charge on any atom is 0.341 e. The molecule has 9 heteroatoms. The highest BCUT2D eigenvalue weighted by atomic mass is 79.9. The van der Waals surface area contributed by atoms with E-state index in [4.69, 9.17) is 21.4 Å². The summed E-state index contributed by atoms with van der Waals surface area (Å²) >= 11 is 9.51. The summed E-state index contributed by atoms with van der Waals surface area (Å²) in [5, 5.41) is 13.4.